The number of rotatable bonds is 4. The third-order valence-electron chi connectivity index (χ3n) is 4.77. The van der Waals surface area contributed by atoms with E-state index in [1.807, 2.05) is 48.5 Å². The van der Waals surface area contributed by atoms with Crippen LogP contribution in [0.1, 0.15) is 27.5 Å². The second-order valence-corrected chi connectivity index (χ2v) is 6.31. The van der Waals surface area contributed by atoms with Crippen LogP contribution in [0.2, 0.25) is 0 Å². The number of ether oxygens (including phenoxy) is 1. The van der Waals surface area contributed by atoms with Crippen LogP contribution in [0.25, 0.3) is 5.70 Å². The lowest BCUT2D eigenvalue weighted by atomic mass is 9.94. The number of anilines is 1. The maximum Gasteiger partial charge on any atom is 0.248 e. The molecule has 0 fully saturated rings. The summed E-state index contributed by atoms with van der Waals surface area (Å²) in [5.74, 6) is 1.24. The molecule has 1 N–H and O–H groups in total. The van der Waals surface area contributed by atoms with E-state index in [0.717, 1.165) is 22.6 Å². The molecule has 1 unspecified atom stereocenters. The smallest absolute Gasteiger partial charge is 0.248 e. The fourth-order valence-corrected chi connectivity index (χ4v) is 3.59. The van der Waals surface area contributed by atoms with Crippen molar-refractivity contribution in [3.63, 3.8) is 0 Å². The van der Waals surface area contributed by atoms with Gasteiger partial charge >= 0.3 is 0 Å². The van der Waals surface area contributed by atoms with Gasteiger partial charge in [-0.1, -0.05) is 54.2 Å². The van der Waals surface area contributed by atoms with E-state index in [0.29, 0.717) is 23.7 Å². The van der Waals surface area contributed by atoms with Gasteiger partial charge in [-0.25, -0.2) is 0 Å². The van der Waals surface area contributed by atoms with Crippen LogP contribution >= 0.6 is 0 Å². The van der Waals surface area contributed by atoms with Crippen molar-refractivity contribution in [3.8, 4) is 5.75 Å². The average Bonchev–Trinajstić information content (AvgIpc) is 3.29. The van der Waals surface area contributed by atoms with Gasteiger partial charge in [0.25, 0.3) is 0 Å². The predicted molar refractivity (Wildman–Crippen MR) is 99.4 cm³/mol. The zero-order valence-electron chi connectivity index (χ0n) is 14.3. The first kappa shape index (κ1) is 15.5. The summed E-state index contributed by atoms with van der Waals surface area (Å²) >= 11 is 0. The SMILES string of the molecule is C=CCOc1ccc(C2C3=C(Nc4nnnn42)c2ccccc2C3=O)cc1. The molecule has 0 spiro atoms. The third kappa shape index (κ3) is 2.28. The molecular weight excluding hydrogens is 342 g/mol. The van der Waals surface area contributed by atoms with E-state index in [4.69, 9.17) is 4.74 Å². The Morgan fingerprint density at radius 2 is 1.93 bits per heavy atom. The first-order valence-electron chi connectivity index (χ1n) is 8.54. The van der Waals surface area contributed by atoms with Crippen molar-refractivity contribution in [3.05, 3.63) is 83.4 Å². The number of aromatic nitrogens is 4. The van der Waals surface area contributed by atoms with Gasteiger partial charge in [0.05, 0.1) is 11.3 Å². The van der Waals surface area contributed by atoms with Gasteiger partial charge in [0.15, 0.2) is 5.78 Å². The minimum Gasteiger partial charge on any atom is -0.490 e. The normalized spacial score (nSPS) is 17.0. The van der Waals surface area contributed by atoms with E-state index in [1.165, 1.54) is 0 Å². The summed E-state index contributed by atoms with van der Waals surface area (Å²) in [5, 5.41) is 15.2. The fraction of sp³-hybridized carbons (Fsp3) is 0.100. The molecule has 27 heavy (non-hydrogen) atoms. The number of fused-ring (bicyclic) bond motifs is 3. The number of ketones is 1. The van der Waals surface area contributed by atoms with E-state index >= 15 is 0 Å². The van der Waals surface area contributed by atoms with Crippen molar-refractivity contribution in [2.24, 2.45) is 0 Å². The number of tetrazole rings is 1. The quantitative estimate of drug-likeness (QED) is 0.723. The van der Waals surface area contributed by atoms with Gasteiger partial charge in [0.2, 0.25) is 5.95 Å². The Balaban J connectivity index is 1.63. The van der Waals surface area contributed by atoms with E-state index < -0.39 is 6.04 Å². The van der Waals surface area contributed by atoms with Crippen LogP contribution in [0.4, 0.5) is 5.95 Å². The molecule has 1 atom stereocenters. The standard InChI is InChI=1S/C20H15N5O2/c1-2-11-27-13-9-7-12(8-10-13)18-16-17(21-20-22-23-24-25(18)20)14-5-3-4-6-15(14)19(16)26/h2-10,18H,1,11H2,(H,21,22,24). The lowest BCUT2D eigenvalue weighted by Gasteiger charge is -2.25. The number of hydrogen-bond acceptors (Lipinski definition) is 6. The molecule has 5 rings (SSSR count). The van der Waals surface area contributed by atoms with Gasteiger partial charge in [-0.15, -0.1) is 0 Å². The molecule has 2 heterocycles. The van der Waals surface area contributed by atoms with Crippen molar-refractivity contribution in [2.75, 3.05) is 11.9 Å². The van der Waals surface area contributed by atoms with Crippen molar-refractivity contribution in [2.45, 2.75) is 6.04 Å². The summed E-state index contributed by atoms with van der Waals surface area (Å²) in [7, 11) is 0. The third-order valence-corrected chi connectivity index (χ3v) is 4.77. The number of hydrogen-bond donors (Lipinski definition) is 1. The molecule has 0 bridgehead atoms. The summed E-state index contributed by atoms with van der Waals surface area (Å²) in [6.45, 7) is 4.09. The zero-order valence-corrected chi connectivity index (χ0v) is 14.3. The van der Waals surface area contributed by atoms with Crippen LogP contribution in [0.5, 0.6) is 5.75 Å². The molecule has 7 nitrogen and oxygen atoms in total. The minimum absolute atomic E-state index is 0.00812. The zero-order chi connectivity index (χ0) is 18.4. The van der Waals surface area contributed by atoms with E-state index in [2.05, 4.69) is 27.4 Å². The molecule has 2 aliphatic rings. The number of nitrogens with one attached hydrogen (secondary N) is 1. The Hall–Kier alpha value is -3.74. The van der Waals surface area contributed by atoms with Gasteiger partial charge in [0, 0.05) is 11.1 Å². The summed E-state index contributed by atoms with van der Waals surface area (Å²) in [6.07, 6.45) is 1.69. The van der Waals surface area contributed by atoms with Crippen LogP contribution in [-0.4, -0.2) is 32.6 Å². The van der Waals surface area contributed by atoms with Gasteiger partial charge < -0.3 is 10.1 Å². The molecule has 3 aromatic rings. The Kier molecular flexibility index (Phi) is 3.39. The molecule has 0 amide bonds. The van der Waals surface area contributed by atoms with Crippen molar-refractivity contribution >= 4 is 17.4 Å². The van der Waals surface area contributed by atoms with Crippen molar-refractivity contribution in [1.82, 2.24) is 20.2 Å². The van der Waals surface area contributed by atoms with Gasteiger partial charge in [-0.3, -0.25) is 4.79 Å². The molecule has 7 heteroatoms. The van der Waals surface area contributed by atoms with Crippen LogP contribution in [0.15, 0.2) is 66.8 Å². The fourth-order valence-electron chi connectivity index (χ4n) is 3.59. The maximum atomic E-state index is 13.1. The molecule has 1 aliphatic heterocycles. The van der Waals surface area contributed by atoms with Gasteiger partial charge in [-0.05, 0) is 28.1 Å². The van der Waals surface area contributed by atoms with E-state index in [-0.39, 0.29) is 5.78 Å². The second-order valence-electron chi connectivity index (χ2n) is 6.31. The molecule has 0 radical (unpaired) electrons. The number of carbonyl (C=O) groups is 1. The monoisotopic (exact) mass is 357 g/mol. The van der Waals surface area contributed by atoms with Crippen LogP contribution in [0.3, 0.4) is 0 Å². The summed E-state index contributed by atoms with van der Waals surface area (Å²) in [6, 6.07) is 14.8. The van der Waals surface area contributed by atoms with Gasteiger partial charge in [-0.2, -0.15) is 4.68 Å². The number of allylic oxidation sites excluding steroid dienone is 1. The highest BCUT2D eigenvalue weighted by Gasteiger charge is 2.41. The van der Waals surface area contributed by atoms with Crippen LogP contribution < -0.4 is 10.1 Å². The highest BCUT2D eigenvalue weighted by Crippen LogP contribution is 2.44. The molecule has 0 saturated carbocycles. The summed E-state index contributed by atoms with van der Waals surface area (Å²) in [4.78, 5) is 13.1. The van der Waals surface area contributed by atoms with Crippen molar-refractivity contribution in [1.29, 1.82) is 0 Å². The first-order valence-corrected chi connectivity index (χ1v) is 8.54. The minimum atomic E-state index is -0.403. The van der Waals surface area contributed by atoms with Gasteiger partial charge in [0.1, 0.15) is 18.4 Å². The van der Waals surface area contributed by atoms with E-state index in [1.54, 1.807) is 10.8 Å². The van der Waals surface area contributed by atoms with E-state index in [9.17, 15) is 4.79 Å². The Labute approximate surface area is 155 Å². The molecule has 1 aromatic heterocycles. The topological polar surface area (TPSA) is 81.9 Å². The number of Topliss-reactive ketones (excluding diaryl/α,β-unsaturated/α-hetero) is 1. The molecular formula is C20H15N5O2. The van der Waals surface area contributed by atoms with Crippen molar-refractivity contribution < 1.29 is 9.53 Å². The highest BCUT2D eigenvalue weighted by atomic mass is 16.5. The second kappa shape index (κ2) is 5.91. The Bertz CT molecular complexity index is 1100. The highest BCUT2D eigenvalue weighted by molar-refractivity contribution is 6.23. The maximum absolute atomic E-state index is 13.1. The first-order chi connectivity index (χ1) is 13.3. The lowest BCUT2D eigenvalue weighted by Crippen LogP contribution is -2.25. The summed E-state index contributed by atoms with van der Waals surface area (Å²) in [5.41, 5.74) is 3.89. The number of benzene rings is 2. The molecule has 132 valence electrons. The molecule has 0 saturated heterocycles. The number of carbonyl (C=O) groups excluding carboxylic acids is 1. The Morgan fingerprint density at radius 3 is 2.70 bits per heavy atom. The average molecular weight is 357 g/mol. The summed E-state index contributed by atoms with van der Waals surface area (Å²) < 4.78 is 7.20. The van der Waals surface area contributed by atoms with Crippen LogP contribution in [-0.2, 0) is 0 Å². The predicted octanol–water partition coefficient (Wildman–Crippen LogP) is 2.86. The number of nitrogens with zero attached hydrogens (tertiary/aromatic N) is 4. The molecule has 2 aromatic carbocycles. The van der Waals surface area contributed by atoms with Crippen LogP contribution in [0, 0.1) is 0 Å². The lowest BCUT2D eigenvalue weighted by molar-refractivity contribution is 0.102. The largest absolute Gasteiger partial charge is 0.490 e. The molecule has 1 aliphatic carbocycles. The Morgan fingerprint density at radius 1 is 1.15 bits per heavy atom.